The van der Waals surface area contributed by atoms with E-state index in [0.717, 1.165) is 19.6 Å². The highest BCUT2D eigenvalue weighted by atomic mass is 15.1. The molecule has 2 rings (SSSR count). The van der Waals surface area contributed by atoms with Gasteiger partial charge >= 0.3 is 0 Å². The maximum atomic E-state index is 3.49. The molecule has 0 unspecified atom stereocenters. The standard InChI is InChI=1S/C20H28N2/c1-4-14-22(15-5-2)20-12-10-19(11-13-20)21-16-18-8-6-17(3)7-9-18/h6-13,21H,4-5,14-16H2,1-3H3. The highest BCUT2D eigenvalue weighted by molar-refractivity contribution is 5.55. The lowest BCUT2D eigenvalue weighted by molar-refractivity contribution is 0.745. The molecule has 2 heteroatoms. The lowest BCUT2D eigenvalue weighted by Gasteiger charge is -2.24. The van der Waals surface area contributed by atoms with Crippen LogP contribution in [0.5, 0.6) is 0 Å². The first-order chi connectivity index (χ1) is 10.7. The summed E-state index contributed by atoms with van der Waals surface area (Å²) in [6.45, 7) is 9.72. The molecule has 22 heavy (non-hydrogen) atoms. The number of nitrogens with one attached hydrogen (secondary N) is 1. The molecule has 0 aliphatic carbocycles. The summed E-state index contributed by atoms with van der Waals surface area (Å²) in [5.41, 5.74) is 5.12. The van der Waals surface area contributed by atoms with E-state index in [1.807, 2.05) is 0 Å². The van der Waals surface area contributed by atoms with Crippen molar-refractivity contribution in [1.29, 1.82) is 0 Å². The van der Waals surface area contributed by atoms with Crippen LogP contribution >= 0.6 is 0 Å². The highest BCUT2D eigenvalue weighted by Gasteiger charge is 2.04. The first-order valence-corrected chi connectivity index (χ1v) is 8.37. The summed E-state index contributed by atoms with van der Waals surface area (Å²) in [5.74, 6) is 0. The van der Waals surface area contributed by atoms with Crippen molar-refractivity contribution in [3.05, 3.63) is 59.7 Å². The summed E-state index contributed by atoms with van der Waals surface area (Å²) in [5, 5.41) is 3.49. The minimum atomic E-state index is 0.868. The van der Waals surface area contributed by atoms with E-state index in [-0.39, 0.29) is 0 Å². The van der Waals surface area contributed by atoms with Crippen molar-refractivity contribution < 1.29 is 0 Å². The van der Waals surface area contributed by atoms with Crippen LogP contribution in [-0.2, 0) is 6.54 Å². The molecule has 1 N–H and O–H groups in total. The maximum Gasteiger partial charge on any atom is 0.0400 e. The van der Waals surface area contributed by atoms with Gasteiger partial charge in [0.25, 0.3) is 0 Å². The molecule has 0 aliphatic heterocycles. The zero-order valence-electron chi connectivity index (χ0n) is 14.1. The summed E-state index contributed by atoms with van der Waals surface area (Å²) in [6.07, 6.45) is 2.38. The Balaban J connectivity index is 1.94. The largest absolute Gasteiger partial charge is 0.381 e. The molecule has 0 radical (unpaired) electrons. The molecule has 0 bridgehead atoms. The second-order valence-electron chi connectivity index (χ2n) is 5.87. The number of anilines is 2. The molecule has 0 atom stereocenters. The SMILES string of the molecule is CCCN(CCC)c1ccc(NCc2ccc(C)cc2)cc1. The van der Waals surface area contributed by atoms with Gasteiger partial charge in [-0.05, 0) is 49.6 Å². The van der Waals surface area contributed by atoms with E-state index in [0.29, 0.717) is 0 Å². The third-order valence-corrected chi connectivity index (χ3v) is 3.84. The monoisotopic (exact) mass is 296 g/mol. The summed E-state index contributed by atoms with van der Waals surface area (Å²) in [4.78, 5) is 2.46. The number of hydrogen-bond donors (Lipinski definition) is 1. The Kier molecular flexibility index (Phi) is 6.32. The van der Waals surface area contributed by atoms with Crippen molar-refractivity contribution >= 4 is 11.4 Å². The van der Waals surface area contributed by atoms with Crippen molar-refractivity contribution in [2.75, 3.05) is 23.3 Å². The van der Waals surface area contributed by atoms with Crippen LogP contribution in [0.25, 0.3) is 0 Å². The fourth-order valence-electron chi connectivity index (χ4n) is 2.61. The number of nitrogens with zero attached hydrogens (tertiary/aromatic N) is 1. The van der Waals surface area contributed by atoms with Crippen LogP contribution in [0, 0.1) is 6.92 Å². The fraction of sp³-hybridized carbons (Fsp3) is 0.400. The van der Waals surface area contributed by atoms with E-state index in [2.05, 4.69) is 79.5 Å². The molecule has 0 fully saturated rings. The smallest absolute Gasteiger partial charge is 0.0400 e. The van der Waals surface area contributed by atoms with E-state index in [4.69, 9.17) is 0 Å². The van der Waals surface area contributed by atoms with Crippen molar-refractivity contribution in [3.63, 3.8) is 0 Å². The van der Waals surface area contributed by atoms with Gasteiger partial charge in [0, 0.05) is 31.0 Å². The average molecular weight is 296 g/mol. The van der Waals surface area contributed by atoms with Gasteiger partial charge in [-0.15, -0.1) is 0 Å². The number of hydrogen-bond acceptors (Lipinski definition) is 2. The van der Waals surface area contributed by atoms with Gasteiger partial charge in [-0.1, -0.05) is 43.7 Å². The summed E-state index contributed by atoms with van der Waals surface area (Å²) in [6, 6.07) is 17.5. The normalized spacial score (nSPS) is 10.5. The van der Waals surface area contributed by atoms with E-state index in [1.165, 1.54) is 35.3 Å². The predicted molar refractivity (Wildman–Crippen MR) is 97.7 cm³/mol. The molecule has 118 valence electrons. The van der Waals surface area contributed by atoms with Crippen LogP contribution in [0.4, 0.5) is 11.4 Å². The minimum absolute atomic E-state index is 0.868. The van der Waals surface area contributed by atoms with Gasteiger partial charge in [-0.3, -0.25) is 0 Å². The predicted octanol–water partition coefficient (Wildman–Crippen LogP) is 5.23. The lowest BCUT2D eigenvalue weighted by Crippen LogP contribution is -2.24. The molecule has 0 saturated carbocycles. The second kappa shape index (κ2) is 8.47. The Morgan fingerprint density at radius 1 is 0.818 bits per heavy atom. The van der Waals surface area contributed by atoms with Crippen molar-refractivity contribution in [1.82, 2.24) is 0 Å². The molecule has 2 aromatic carbocycles. The van der Waals surface area contributed by atoms with Crippen LogP contribution in [0.1, 0.15) is 37.8 Å². The van der Waals surface area contributed by atoms with Crippen LogP contribution in [0.15, 0.2) is 48.5 Å². The number of aryl methyl sites for hydroxylation is 1. The Bertz CT molecular complexity index is 537. The molecule has 0 aliphatic rings. The molecular weight excluding hydrogens is 268 g/mol. The Morgan fingerprint density at radius 3 is 1.95 bits per heavy atom. The van der Waals surface area contributed by atoms with Gasteiger partial charge in [0.2, 0.25) is 0 Å². The molecule has 0 saturated heterocycles. The molecule has 0 amide bonds. The van der Waals surface area contributed by atoms with E-state index < -0.39 is 0 Å². The van der Waals surface area contributed by atoms with E-state index >= 15 is 0 Å². The molecule has 2 aromatic rings. The van der Waals surface area contributed by atoms with Gasteiger partial charge in [0.05, 0.1) is 0 Å². The molecule has 0 spiro atoms. The molecule has 2 nitrogen and oxygen atoms in total. The van der Waals surface area contributed by atoms with Crippen LogP contribution < -0.4 is 10.2 Å². The van der Waals surface area contributed by atoms with Crippen molar-refractivity contribution in [2.24, 2.45) is 0 Å². The van der Waals surface area contributed by atoms with Gasteiger partial charge in [-0.2, -0.15) is 0 Å². The topological polar surface area (TPSA) is 15.3 Å². The second-order valence-corrected chi connectivity index (χ2v) is 5.87. The van der Waals surface area contributed by atoms with Gasteiger partial charge in [-0.25, -0.2) is 0 Å². The lowest BCUT2D eigenvalue weighted by atomic mass is 10.1. The van der Waals surface area contributed by atoms with Crippen LogP contribution in [0.3, 0.4) is 0 Å². The Labute approximate surface area is 135 Å². The highest BCUT2D eigenvalue weighted by Crippen LogP contribution is 2.19. The third kappa shape index (κ3) is 4.80. The Morgan fingerprint density at radius 2 is 1.41 bits per heavy atom. The fourth-order valence-corrected chi connectivity index (χ4v) is 2.61. The van der Waals surface area contributed by atoms with E-state index in [9.17, 15) is 0 Å². The number of rotatable bonds is 8. The number of benzene rings is 2. The first-order valence-electron chi connectivity index (χ1n) is 8.37. The average Bonchev–Trinajstić information content (AvgIpc) is 2.55. The van der Waals surface area contributed by atoms with Crippen molar-refractivity contribution in [2.45, 2.75) is 40.2 Å². The van der Waals surface area contributed by atoms with Gasteiger partial charge in [0.1, 0.15) is 0 Å². The summed E-state index contributed by atoms with van der Waals surface area (Å²) >= 11 is 0. The van der Waals surface area contributed by atoms with Crippen LogP contribution in [0.2, 0.25) is 0 Å². The van der Waals surface area contributed by atoms with E-state index in [1.54, 1.807) is 0 Å². The quantitative estimate of drug-likeness (QED) is 0.717. The Hall–Kier alpha value is -1.96. The van der Waals surface area contributed by atoms with Gasteiger partial charge in [0.15, 0.2) is 0 Å². The zero-order valence-corrected chi connectivity index (χ0v) is 14.1. The first kappa shape index (κ1) is 16.4. The maximum absolute atomic E-state index is 3.49. The summed E-state index contributed by atoms with van der Waals surface area (Å²) < 4.78 is 0. The molecule has 0 heterocycles. The van der Waals surface area contributed by atoms with Gasteiger partial charge < -0.3 is 10.2 Å². The molecule has 0 aromatic heterocycles. The van der Waals surface area contributed by atoms with Crippen molar-refractivity contribution in [3.8, 4) is 0 Å². The molecular formula is C20H28N2. The zero-order chi connectivity index (χ0) is 15.8. The summed E-state index contributed by atoms with van der Waals surface area (Å²) in [7, 11) is 0. The third-order valence-electron chi connectivity index (χ3n) is 3.84. The minimum Gasteiger partial charge on any atom is -0.381 e. The van der Waals surface area contributed by atoms with Crippen LogP contribution in [-0.4, -0.2) is 13.1 Å².